The van der Waals surface area contributed by atoms with E-state index >= 15 is 0 Å². The largest absolute Gasteiger partial charge is 0.459 e. The maximum Gasteiger partial charge on any atom is 0.321 e. The van der Waals surface area contributed by atoms with Crippen LogP contribution in [0.25, 0.3) is 0 Å². The zero-order valence-corrected chi connectivity index (χ0v) is 16.8. The number of nitrogens with one attached hydrogen (secondary N) is 3. The first-order valence-electron chi connectivity index (χ1n) is 10.0. The molecule has 8 nitrogen and oxygen atoms in total. The number of urea groups is 1. The first kappa shape index (κ1) is 20.2. The summed E-state index contributed by atoms with van der Waals surface area (Å²) in [6, 6.07) is 16.6. The molecule has 1 aromatic heterocycles. The van der Waals surface area contributed by atoms with Crippen molar-refractivity contribution in [3.63, 3.8) is 0 Å². The molecule has 0 aliphatic carbocycles. The fourth-order valence-electron chi connectivity index (χ4n) is 3.35. The van der Waals surface area contributed by atoms with Crippen LogP contribution in [0.3, 0.4) is 0 Å². The van der Waals surface area contributed by atoms with Gasteiger partial charge in [0.05, 0.1) is 17.6 Å². The number of likely N-dealkylation sites (tertiary alicyclic amines) is 1. The van der Waals surface area contributed by atoms with Gasteiger partial charge in [0.2, 0.25) is 0 Å². The first-order valence-corrected chi connectivity index (χ1v) is 10.0. The van der Waals surface area contributed by atoms with Crippen molar-refractivity contribution in [2.75, 3.05) is 29.0 Å². The molecule has 8 heteroatoms. The molecule has 1 fully saturated rings. The molecule has 2 aromatic carbocycles. The van der Waals surface area contributed by atoms with Gasteiger partial charge in [0.1, 0.15) is 0 Å². The lowest BCUT2D eigenvalue weighted by atomic mass is 10.1. The normalized spacial score (nSPS) is 13.0. The van der Waals surface area contributed by atoms with E-state index in [2.05, 4.69) is 16.0 Å². The summed E-state index contributed by atoms with van der Waals surface area (Å²) in [5, 5.41) is 8.39. The van der Waals surface area contributed by atoms with Crippen LogP contribution < -0.4 is 16.0 Å². The predicted molar refractivity (Wildman–Crippen MR) is 117 cm³/mol. The number of anilines is 3. The quantitative estimate of drug-likeness (QED) is 0.571. The Bertz CT molecular complexity index is 1090. The van der Waals surface area contributed by atoms with Crippen molar-refractivity contribution in [3.05, 3.63) is 78.3 Å². The average molecular weight is 418 g/mol. The second-order valence-electron chi connectivity index (χ2n) is 7.14. The molecule has 1 aliphatic heterocycles. The van der Waals surface area contributed by atoms with E-state index in [-0.39, 0.29) is 17.7 Å². The zero-order chi connectivity index (χ0) is 21.6. The van der Waals surface area contributed by atoms with Crippen LogP contribution in [0, 0.1) is 0 Å². The summed E-state index contributed by atoms with van der Waals surface area (Å²) in [5.41, 5.74) is 1.84. The van der Waals surface area contributed by atoms with Crippen LogP contribution in [0.4, 0.5) is 21.9 Å². The Labute approximate surface area is 179 Å². The summed E-state index contributed by atoms with van der Waals surface area (Å²) in [5.74, 6) is -0.591. The lowest BCUT2D eigenvalue weighted by Crippen LogP contribution is -2.32. The highest BCUT2D eigenvalue weighted by molar-refractivity contribution is 6.08. The molecule has 1 saturated heterocycles. The number of para-hydroxylation sites is 2. The number of nitrogens with zero attached hydrogens (tertiary/aromatic N) is 1. The van der Waals surface area contributed by atoms with E-state index < -0.39 is 5.91 Å². The van der Waals surface area contributed by atoms with E-state index in [1.165, 1.54) is 6.26 Å². The minimum absolute atomic E-state index is 0.178. The highest BCUT2D eigenvalue weighted by Crippen LogP contribution is 2.23. The van der Waals surface area contributed by atoms with E-state index in [4.69, 9.17) is 4.42 Å². The monoisotopic (exact) mass is 418 g/mol. The topological polar surface area (TPSA) is 104 Å². The molecule has 158 valence electrons. The number of furan rings is 1. The van der Waals surface area contributed by atoms with Gasteiger partial charge in [-0.25, -0.2) is 4.79 Å². The third-order valence-electron chi connectivity index (χ3n) is 4.94. The van der Waals surface area contributed by atoms with E-state index in [0.29, 0.717) is 22.6 Å². The van der Waals surface area contributed by atoms with Crippen molar-refractivity contribution >= 4 is 34.9 Å². The average Bonchev–Trinajstić information content (AvgIpc) is 3.50. The molecule has 0 spiro atoms. The van der Waals surface area contributed by atoms with Gasteiger partial charge < -0.3 is 25.3 Å². The molecule has 4 rings (SSSR count). The standard InChI is InChI=1S/C23H22N4O4/c28-21(16-7-5-8-17(15-16)24-22(29)20-11-6-14-31-20)25-18-9-1-2-10-19(18)26-23(30)27-12-3-4-13-27/h1-2,5-11,14-15H,3-4,12-13H2,(H,24,29)(H,25,28)(H,26,30). The van der Waals surface area contributed by atoms with Crippen LogP contribution in [-0.2, 0) is 0 Å². The fourth-order valence-corrected chi connectivity index (χ4v) is 3.35. The summed E-state index contributed by atoms with van der Waals surface area (Å²) >= 11 is 0. The molecule has 3 N–H and O–H groups in total. The molecule has 3 aromatic rings. The van der Waals surface area contributed by atoms with Crippen LogP contribution >= 0.6 is 0 Å². The van der Waals surface area contributed by atoms with Crippen molar-refractivity contribution in [3.8, 4) is 0 Å². The molecule has 0 radical (unpaired) electrons. The van der Waals surface area contributed by atoms with Crippen molar-refractivity contribution in [2.45, 2.75) is 12.8 Å². The highest BCUT2D eigenvalue weighted by atomic mass is 16.3. The number of hydrogen-bond acceptors (Lipinski definition) is 4. The molecule has 0 unspecified atom stereocenters. The molecular weight excluding hydrogens is 396 g/mol. The minimum atomic E-state index is -0.405. The van der Waals surface area contributed by atoms with Crippen molar-refractivity contribution in [1.29, 1.82) is 0 Å². The minimum Gasteiger partial charge on any atom is -0.459 e. The number of carbonyl (C=O) groups excluding carboxylic acids is 3. The molecule has 4 amide bonds. The van der Waals surface area contributed by atoms with E-state index in [1.54, 1.807) is 65.6 Å². The maximum atomic E-state index is 12.8. The van der Waals surface area contributed by atoms with Crippen LogP contribution in [0.1, 0.15) is 33.8 Å². The van der Waals surface area contributed by atoms with Gasteiger partial charge in [-0.1, -0.05) is 18.2 Å². The number of carbonyl (C=O) groups is 3. The highest BCUT2D eigenvalue weighted by Gasteiger charge is 2.19. The number of hydrogen-bond donors (Lipinski definition) is 3. The van der Waals surface area contributed by atoms with Gasteiger partial charge in [-0.2, -0.15) is 0 Å². The van der Waals surface area contributed by atoms with Crippen molar-refractivity contribution < 1.29 is 18.8 Å². The molecular formula is C23H22N4O4. The van der Waals surface area contributed by atoms with E-state index in [9.17, 15) is 14.4 Å². The molecule has 2 heterocycles. The van der Waals surface area contributed by atoms with Gasteiger partial charge in [0.15, 0.2) is 5.76 Å². The summed E-state index contributed by atoms with van der Waals surface area (Å²) in [4.78, 5) is 39.1. The predicted octanol–water partition coefficient (Wildman–Crippen LogP) is 4.41. The Balaban J connectivity index is 1.45. The number of benzene rings is 2. The van der Waals surface area contributed by atoms with Crippen LogP contribution in [0.5, 0.6) is 0 Å². The first-order chi connectivity index (χ1) is 15.1. The van der Waals surface area contributed by atoms with Gasteiger partial charge >= 0.3 is 6.03 Å². The van der Waals surface area contributed by atoms with Crippen LogP contribution in [0.2, 0.25) is 0 Å². The smallest absolute Gasteiger partial charge is 0.321 e. The summed E-state index contributed by atoms with van der Waals surface area (Å²) < 4.78 is 5.08. The second kappa shape index (κ2) is 9.17. The lowest BCUT2D eigenvalue weighted by Gasteiger charge is -2.18. The molecule has 0 atom stereocenters. The summed E-state index contributed by atoms with van der Waals surface area (Å²) in [6.07, 6.45) is 3.41. The summed E-state index contributed by atoms with van der Waals surface area (Å²) in [7, 11) is 0. The third kappa shape index (κ3) is 4.92. The maximum absolute atomic E-state index is 12.8. The second-order valence-corrected chi connectivity index (χ2v) is 7.14. The van der Waals surface area contributed by atoms with Gasteiger partial charge in [-0.15, -0.1) is 0 Å². The van der Waals surface area contributed by atoms with Crippen LogP contribution in [-0.4, -0.2) is 35.8 Å². The molecule has 0 saturated carbocycles. The van der Waals surface area contributed by atoms with Gasteiger partial charge in [-0.3, -0.25) is 9.59 Å². The van der Waals surface area contributed by atoms with Gasteiger partial charge in [0.25, 0.3) is 11.8 Å². The van der Waals surface area contributed by atoms with Crippen molar-refractivity contribution in [1.82, 2.24) is 4.90 Å². The molecule has 1 aliphatic rings. The summed E-state index contributed by atoms with van der Waals surface area (Å²) in [6.45, 7) is 1.47. The fraction of sp³-hybridized carbons (Fsp3) is 0.174. The Morgan fingerprint density at radius 3 is 2.23 bits per heavy atom. The lowest BCUT2D eigenvalue weighted by molar-refractivity contribution is 0.0993. The molecule has 31 heavy (non-hydrogen) atoms. The Hall–Kier alpha value is -4.07. The number of rotatable bonds is 5. The van der Waals surface area contributed by atoms with E-state index in [0.717, 1.165) is 25.9 Å². The Morgan fingerprint density at radius 2 is 1.52 bits per heavy atom. The van der Waals surface area contributed by atoms with Gasteiger partial charge in [-0.05, 0) is 55.3 Å². The number of amides is 4. The SMILES string of the molecule is O=C(Nc1ccccc1NC(=O)N1CCCC1)c1cccc(NC(=O)c2ccco2)c1. The van der Waals surface area contributed by atoms with Gasteiger partial charge in [0, 0.05) is 24.3 Å². The Morgan fingerprint density at radius 1 is 0.774 bits per heavy atom. The third-order valence-corrected chi connectivity index (χ3v) is 4.94. The van der Waals surface area contributed by atoms with Crippen LogP contribution in [0.15, 0.2) is 71.3 Å². The molecule has 0 bridgehead atoms. The van der Waals surface area contributed by atoms with E-state index in [1.807, 2.05) is 0 Å². The zero-order valence-electron chi connectivity index (χ0n) is 16.8. The Kier molecular flexibility index (Phi) is 5.98. The van der Waals surface area contributed by atoms with Crippen molar-refractivity contribution in [2.24, 2.45) is 0 Å².